The maximum Gasteiger partial charge on any atom is 0.259 e. The number of carbonyl (C=O) groups excluding carboxylic acids is 1. The van der Waals surface area contributed by atoms with Crippen molar-refractivity contribution in [1.82, 2.24) is 14.5 Å². The number of aromatic nitrogens is 2. The molecule has 0 saturated carbocycles. The Kier molecular flexibility index (Phi) is 4.66. The molecule has 1 fully saturated rings. The molecule has 1 atom stereocenters. The molecule has 24 heavy (non-hydrogen) atoms. The third kappa shape index (κ3) is 2.94. The summed E-state index contributed by atoms with van der Waals surface area (Å²) in [4.78, 5) is 18.9. The maximum absolute atomic E-state index is 14.2. The smallest absolute Gasteiger partial charge is 0.259 e. The number of hydrogen-bond donors (Lipinski definition) is 0. The summed E-state index contributed by atoms with van der Waals surface area (Å²) in [6.45, 7) is 2.87. The van der Waals surface area contributed by atoms with Gasteiger partial charge in [-0.25, -0.2) is 9.37 Å². The SMILES string of the molecule is COC(C)(C(=O)N1CCC(n2ccnc2)CC1)c1ccccc1F. The van der Waals surface area contributed by atoms with Crippen LogP contribution in [0.25, 0.3) is 0 Å². The molecule has 0 radical (unpaired) electrons. The van der Waals surface area contributed by atoms with Crippen LogP contribution >= 0.6 is 0 Å². The Morgan fingerprint density at radius 3 is 2.62 bits per heavy atom. The van der Waals surface area contributed by atoms with Gasteiger partial charge < -0.3 is 14.2 Å². The molecular weight excluding hydrogens is 309 g/mol. The third-order valence-corrected chi connectivity index (χ3v) is 4.90. The van der Waals surface area contributed by atoms with E-state index in [1.165, 1.54) is 13.2 Å². The minimum Gasteiger partial charge on any atom is -0.364 e. The first-order chi connectivity index (χ1) is 11.6. The van der Waals surface area contributed by atoms with Gasteiger partial charge in [0.15, 0.2) is 5.60 Å². The van der Waals surface area contributed by atoms with Crippen molar-refractivity contribution >= 4 is 5.91 Å². The number of rotatable bonds is 4. The zero-order chi connectivity index (χ0) is 17.2. The zero-order valence-electron chi connectivity index (χ0n) is 14.0. The first-order valence-corrected chi connectivity index (χ1v) is 8.13. The number of likely N-dealkylation sites (tertiary alicyclic amines) is 1. The highest BCUT2D eigenvalue weighted by molar-refractivity contribution is 5.86. The van der Waals surface area contributed by atoms with E-state index in [1.54, 1.807) is 42.5 Å². The Morgan fingerprint density at radius 1 is 1.33 bits per heavy atom. The summed E-state index contributed by atoms with van der Waals surface area (Å²) in [7, 11) is 1.45. The summed E-state index contributed by atoms with van der Waals surface area (Å²) in [6.07, 6.45) is 7.21. The fourth-order valence-electron chi connectivity index (χ4n) is 3.31. The summed E-state index contributed by atoms with van der Waals surface area (Å²) in [6, 6.07) is 6.63. The van der Waals surface area contributed by atoms with Gasteiger partial charge in [-0.2, -0.15) is 0 Å². The van der Waals surface area contributed by atoms with Gasteiger partial charge in [0, 0.05) is 44.2 Å². The molecule has 0 aliphatic carbocycles. The highest BCUT2D eigenvalue weighted by Gasteiger charge is 2.41. The minimum atomic E-state index is -1.31. The van der Waals surface area contributed by atoms with E-state index in [4.69, 9.17) is 4.74 Å². The quantitative estimate of drug-likeness (QED) is 0.865. The Labute approximate surface area is 141 Å². The third-order valence-electron chi connectivity index (χ3n) is 4.90. The minimum absolute atomic E-state index is 0.195. The molecule has 1 aliphatic heterocycles. The van der Waals surface area contributed by atoms with E-state index < -0.39 is 11.4 Å². The summed E-state index contributed by atoms with van der Waals surface area (Å²) in [5.41, 5.74) is -1.04. The molecule has 128 valence electrons. The number of halogens is 1. The van der Waals surface area contributed by atoms with Gasteiger partial charge in [0.2, 0.25) is 0 Å². The maximum atomic E-state index is 14.2. The number of hydrogen-bond acceptors (Lipinski definition) is 3. The lowest BCUT2D eigenvalue weighted by Crippen LogP contribution is -2.49. The number of amides is 1. The van der Waals surface area contributed by atoms with Crippen LogP contribution in [-0.4, -0.2) is 40.6 Å². The van der Waals surface area contributed by atoms with Crippen molar-refractivity contribution in [2.75, 3.05) is 20.2 Å². The van der Waals surface area contributed by atoms with Gasteiger partial charge in [0.05, 0.1) is 6.33 Å². The van der Waals surface area contributed by atoms with Crippen LogP contribution in [-0.2, 0) is 15.1 Å². The lowest BCUT2D eigenvalue weighted by atomic mass is 9.92. The average Bonchev–Trinajstić information content (AvgIpc) is 3.15. The first-order valence-electron chi connectivity index (χ1n) is 8.13. The molecule has 5 nitrogen and oxygen atoms in total. The van der Waals surface area contributed by atoms with Crippen LogP contribution in [0, 0.1) is 5.82 Å². The molecule has 0 N–H and O–H groups in total. The van der Waals surface area contributed by atoms with Crippen molar-refractivity contribution in [2.24, 2.45) is 0 Å². The highest BCUT2D eigenvalue weighted by Crippen LogP contribution is 2.31. The Hall–Kier alpha value is -2.21. The summed E-state index contributed by atoms with van der Waals surface area (Å²) in [5, 5.41) is 0. The molecule has 2 heterocycles. The Bertz CT molecular complexity index is 696. The normalized spacial score (nSPS) is 18.4. The highest BCUT2D eigenvalue weighted by atomic mass is 19.1. The monoisotopic (exact) mass is 331 g/mol. The van der Waals surface area contributed by atoms with Crippen LogP contribution in [0.1, 0.15) is 31.4 Å². The molecule has 1 aromatic heterocycles. The summed E-state index contributed by atoms with van der Waals surface area (Å²) < 4.78 is 21.7. The van der Waals surface area contributed by atoms with Crippen molar-refractivity contribution in [1.29, 1.82) is 0 Å². The number of methoxy groups -OCH3 is 1. The fourth-order valence-corrected chi connectivity index (χ4v) is 3.31. The van der Waals surface area contributed by atoms with Crippen LogP contribution in [0.15, 0.2) is 43.0 Å². The second-order valence-electron chi connectivity index (χ2n) is 6.25. The van der Waals surface area contributed by atoms with Crippen LogP contribution in [0.5, 0.6) is 0 Å². The predicted molar refractivity (Wildman–Crippen MR) is 87.8 cm³/mol. The van der Waals surface area contributed by atoms with Gasteiger partial charge in [-0.1, -0.05) is 18.2 Å². The van der Waals surface area contributed by atoms with Crippen molar-refractivity contribution in [2.45, 2.75) is 31.4 Å². The van der Waals surface area contributed by atoms with E-state index in [1.807, 2.05) is 6.20 Å². The molecule has 0 bridgehead atoms. The zero-order valence-corrected chi connectivity index (χ0v) is 14.0. The largest absolute Gasteiger partial charge is 0.364 e. The van der Waals surface area contributed by atoms with Crippen molar-refractivity contribution in [3.05, 3.63) is 54.4 Å². The predicted octanol–water partition coefficient (Wildman–Crippen LogP) is 2.75. The number of nitrogens with zero attached hydrogens (tertiary/aromatic N) is 3. The lowest BCUT2D eigenvalue weighted by molar-refractivity contribution is -0.156. The number of imidazole rings is 1. The molecule has 3 rings (SSSR count). The Balaban J connectivity index is 1.75. The van der Waals surface area contributed by atoms with Gasteiger partial charge in [0.1, 0.15) is 5.82 Å². The molecule has 1 unspecified atom stereocenters. The number of carbonyl (C=O) groups is 1. The fraction of sp³-hybridized carbons (Fsp3) is 0.444. The van der Waals surface area contributed by atoms with Crippen LogP contribution in [0.2, 0.25) is 0 Å². The van der Waals surface area contributed by atoms with E-state index >= 15 is 0 Å². The van der Waals surface area contributed by atoms with Gasteiger partial charge in [-0.15, -0.1) is 0 Å². The van der Waals surface area contributed by atoms with E-state index in [0.717, 1.165) is 12.8 Å². The summed E-state index contributed by atoms with van der Waals surface area (Å²) in [5.74, 6) is -0.623. The van der Waals surface area contributed by atoms with Gasteiger partial charge in [0.25, 0.3) is 5.91 Å². The molecule has 1 saturated heterocycles. The van der Waals surface area contributed by atoms with E-state index in [-0.39, 0.29) is 11.5 Å². The Morgan fingerprint density at radius 2 is 2.04 bits per heavy atom. The van der Waals surface area contributed by atoms with Crippen molar-refractivity contribution in [3.63, 3.8) is 0 Å². The topological polar surface area (TPSA) is 47.4 Å². The standard InChI is InChI=1S/C18H22FN3O2/c1-18(24-2,15-5-3-4-6-16(15)19)17(23)21-10-7-14(8-11-21)22-12-9-20-13-22/h3-6,9,12-14H,7-8,10-11H2,1-2H3. The van der Waals surface area contributed by atoms with Crippen LogP contribution in [0.3, 0.4) is 0 Å². The molecule has 2 aromatic rings. The molecule has 1 aliphatic rings. The number of benzene rings is 1. The van der Waals surface area contributed by atoms with Gasteiger partial charge >= 0.3 is 0 Å². The average molecular weight is 331 g/mol. The van der Waals surface area contributed by atoms with E-state index in [0.29, 0.717) is 19.1 Å². The van der Waals surface area contributed by atoms with Crippen molar-refractivity contribution < 1.29 is 13.9 Å². The van der Waals surface area contributed by atoms with Gasteiger partial charge in [-0.3, -0.25) is 4.79 Å². The molecule has 1 aromatic carbocycles. The molecule has 6 heteroatoms. The van der Waals surface area contributed by atoms with Crippen molar-refractivity contribution in [3.8, 4) is 0 Å². The van der Waals surface area contributed by atoms with Crippen LogP contribution in [0.4, 0.5) is 4.39 Å². The van der Waals surface area contributed by atoms with E-state index in [9.17, 15) is 9.18 Å². The molecule has 1 amide bonds. The number of ether oxygens (including phenoxy) is 1. The van der Waals surface area contributed by atoms with Crippen LogP contribution < -0.4 is 0 Å². The number of piperidine rings is 1. The lowest BCUT2D eigenvalue weighted by Gasteiger charge is -2.38. The molecule has 0 spiro atoms. The second-order valence-corrected chi connectivity index (χ2v) is 6.25. The molecular formula is C18H22FN3O2. The first kappa shape index (κ1) is 16.6. The second kappa shape index (κ2) is 6.73. The van der Waals surface area contributed by atoms with E-state index in [2.05, 4.69) is 9.55 Å². The van der Waals surface area contributed by atoms with Gasteiger partial charge in [-0.05, 0) is 25.8 Å². The summed E-state index contributed by atoms with van der Waals surface area (Å²) >= 11 is 0.